The van der Waals surface area contributed by atoms with Gasteiger partial charge < -0.3 is 28.2 Å². The van der Waals surface area contributed by atoms with Crippen molar-refractivity contribution < 1.29 is 51.9 Å². The zero-order valence-corrected chi connectivity index (χ0v) is 32.9. The molecule has 0 bridgehead atoms. The maximum atomic E-state index is 13.9. The average Bonchev–Trinajstić information content (AvgIpc) is 3.22. The van der Waals surface area contributed by atoms with Crippen molar-refractivity contribution in [2.75, 3.05) is 13.2 Å². The lowest BCUT2D eigenvalue weighted by Gasteiger charge is -2.46. The Labute approximate surface area is 333 Å². The summed E-state index contributed by atoms with van der Waals surface area (Å²) in [6, 6.07) is 34.4. The fraction of sp³-hybridized carbons (Fsp3) is 0.326. The molecule has 0 aliphatic carbocycles. The van der Waals surface area contributed by atoms with Crippen LogP contribution in [0.15, 0.2) is 121 Å². The molecule has 1 unspecified atom stereocenters. The second-order valence-corrected chi connectivity index (χ2v) is 14.8. The van der Waals surface area contributed by atoms with E-state index in [1.165, 1.54) is 12.1 Å². The van der Waals surface area contributed by atoms with Crippen molar-refractivity contribution >= 4 is 32.4 Å². The summed E-state index contributed by atoms with van der Waals surface area (Å²) in [6.07, 6.45) is -7.58. The quantitative estimate of drug-likeness (QED) is 0.0447. The number of carbonyl (C=O) groups excluding carboxylic acids is 4. The van der Waals surface area contributed by atoms with E-state index in [1.54, 1.807) is 109 Å². The smallest absolute Gasteiger partial charge is 0.338 e. The van der Waals surface area contributed by atoms with Gasteiger partial charge in [0, 0.05) is 12.1 Å². The van der Waals surface area contributed by atoms with Crippen LogP contribution in [-0.2, 0) is 32.7 Å². The van der Waals surface area contributed by atoms with Gasteiger partial charge in [-0.05, 0) is 76.2 Å². The summed E-state index contributed by atoms with van der Waals surface area (Å²) in [5.74, 6) is -3.17. The molecule has 1 aliphatic rings. The van der Waals surface area contributed by atoms with Crippen LogP contribution in [0.4, 0.5) is 0 Å². The Morgan fingerprint density at radius 2 is 1.04 bits per heavy atom. The van der Waals surface area contributed by atoms with Crippen LogP contribution < -0.4 is 0 Å². The summed E-state index contributed by atoms with van der Waals surface area (Å²) < 4.78 is 45.4. The number of hydrogen-bond acceptors (Lipinski definition) is 13. The van der Waals surface area contributed by atoms with Crippen molar-refractivity contribution in [2.45, 2.75) is 76.9 Å². The van der Waals surface area contributed by atoms with E-state index in [0.29, 0.717) is 0 Å². The fourth-order valence-corrected chi connectivity index (χ4v) is 7.65. The van der Waals surface area contributed by atoms with Crippen LogP contribution in [0.5, 0.6) is 0 Å². The second-order valence-electron chi connectivity index (χ2n) is 13.4. The molecule has 57 heavy (non-hydrogen) atoms. The Balaban J connectivity index is 1.63. The lowest BCUT2D eigenvalue weighted by Crippen LogP contribution is -2.63. The summed E-state index contributed by atoms with van der Waals surface area (Å²) in [5.41, 5.74) is 0.739. The average molecular weight is 797 g/mol. The molecule has 13 nitrogen and oxygen atoms in total. The fourth-order valence-electron chi connectivity index (χ4n) is 6.00. The molecule has 0 radical (unpaired) electrons. The number of rotatable bonds is 17. The first-order chi connectivity index (χ1) is 27.6. The van der Waals surface area contributed by atoms with E-state index < -0.39 is 69.7 Å². The highest BCUT2D eigenvalue weighted by atomic mass is 31.2. The maximum absolute atomic E-state index is 13.9. The molecule has 14 heteroatoms. The topological polar surface area (TPSA) is 160 Å². The van der Waals surface area contributed by atoms with E-state index in [1.807, 2.05) is 32.4 Å². The van der Waals surface area contributed by atoms with E-state index >= 15 is 0 Å². The monoisotopic (exact) mass is 796 g/mol. The molecule has 1 heterocycles. The first-order valence-electron chi connectivity index (χ1n) is 18.5. The SMILES string of the molecule is CC(C)N(C(C)C)P(OCCC#N)O[C@H]1O[C@H](COC(=O)c2ccccc2)[C@@H](OC(=O)c2ccccc2)[C@H](OC(=O)c2ccccc2)[C@@H]1OC(=O)c1ccccc1. The zero-order valence-electron chi connectivity index (χ0n) is 32.0. The normalized spacial score (nSPS) is 19.6. The van der Waals surface area contributed by atoms with Crippen LogP contribution in [0.3, 0.4) is 0 Å². The third-order valence-corrected chi connectivity index (χ3v) is 10.7. The minimum Gasteiger partial charge on any atom is -0.459 e. The van der Waals surface area contributed by atoms with Crippen molar-refractivity contribution in [1.29, 1.82) is 5.26 Å². The molecule has 5 rings (SSSR count). The highest BCUT2D eigenvalue weighted by Crippen LogP contribution is 2.49. The van der Waals surface area contributed by atoms with Crippen LogP contribution in [0.2, 0.25) is 0 Å². The number of esters is 4. The molecular formula is C43H45N2O11P. The highest BCUT2D eigenvalue weighted by Gasteiger charge is 2.55. The molecule has 0 aromatic heterocycles. The van der Waals surface area contributed by atoms with Gasteiger partial charge in [0.2, 0.25) is 6.29 Å². The van der Waals surface area contributed by atoms with Crippen LogP contribution in [0.1, 0.15) is 75.5 Å². The summed E-state index contributed by atoms with van der Waals surface area (Å²) in [7, 11) is -2.06. The number of benzene rings is 4. The maximum Gasteiger partial charge on any atom is 0.338 e. The van der Waals surface area contributed by atoms with Gasteiger partial charge in [-0.1, -0.05) is 72.8 Å². The van der Waals surface area contributed by atoms with Crippen molar-refractivity contribution in [3.8, 4) is 6.07 Å². The molecule has 6 atom stereocenters. The van der Waals surface area contributed by atoms with Crippen LogP contribution in [-0.4, -0.2) is 84.6 Å². The molecular weight excluding hydrogens is 751 g/mol. The standard InChI is InChI=1S/C43H45N2O11P/c1-29(2)45(30(3)4)57(51-27-17-26-44)56-43-38(55-42(49)34-24-15-8-16-25-34)37(54-41(48)33-22-13-7-14-23-33)36(53-40(47)32-20-11-6-12-21-32)35(52-43)28-50-39(46)31-18-9-5-10-19-31/h5-16,18-25,29-30,35-38,43H,17,27-28H2,1-4H3/t35-,36-,37+,38+,43-,57?/m1/s1. The van der Waals surface area contributed by atoms with Crippen molar-refractivity contribution in [1.82, 2.24) is 4.67 Å². The van der Waals surface area contributed by atoms with Gasteiger partial charge in [-0.3, -0.25) is 4.52 Å². The molecule has 0 amide bonds. The Morgan fingerprint density at radius 3 is 1.46 bits per heavy atom. The number of ether oxygens (including phenoxy) is 5. The molecule has 0 spiro atoms. The Hall–Kier alpha value is -5.48. The third kappa shape index (κ3) is 11.8. The van der Waals surface area contributed by atoms with Crippen LogP contribution >= 0.6 is 8.53 Å². The van der Waals surface area contributed by atoms with Gasteiger partial charge in [-0.2, -0.15) is 5.26 Å². The van der Waals surface area contributed by atoms with Gasteiger partial charge in [0.25, 0.3) is 8.53 Å². The van der Waals surface area contributed by atoms with Gasteiger partial charge >= 0.3 is 23.9 Å². The van der Waals surface area contributed by atoms with E-state index in [2.05, 4.69) is 6.07 Å². The van der Waals surface area contributed by atoms with Crippen molar-refractivity contribution in [3.63, 3.8) is 0 Å². The second kappa shape index (κ2) is 21.2. The lowest BCUT2D eigenvalue weighted by atomic mass is 9.97. The first-order valence-corrected chi connectivity index (χ1v) is 19.6. The zero-order chi connectivity index (χ0) is 40.7. The predicted octanol–water partition coefficient (Wildman–Crippen LogP) is 7.54. The molecule has 0 N–H and O–H groups in total. The van der Waals surface area contributed by atoms with Crippen LogP contribution in [0.25, 0.3) is 0 Å². The third-order valence-electron chi connectivity index (χ3n) is 8.59. The van der Waals surface area contributed by atoms with Gasteiger partial charge in [-0.15, -0.1) is 0 Å². The number of nitriles is 1. The van der Waals surface area contributed by atoms with Crippen molar-refractivity contribution in [3.05, 3.63) is 144 Å². The van der Waals surface area contributed by atoms with Crippen LogP contribution in [0, 0.1) is 11.3 Å². The van der Waals surface area contributed by atoms with E-state index in [9.17, 15) is 24.4 Å². The number of hydrogen-bond donors (Lipinski definition) is 0. The van der Waals surface area contributed by atoms with Crippen molar-refractivity contribution in [2.24, 2.45) is 0 Å². The van der Waals surface area contributed by atoms with Gasteiger partial charge in [0.1, 0.15) is 12.7 Å². The summed E-state index contributed by atoms with van der Waals surface area (Å²) in [6.45, 7) is 7.25. The summed E-state index contributed by atoms with van der Waals surface area (Å²) >= 11 is 0. The van der Waals surface area contributed by atoms with Gasteiger partial charge in [0.15, 0.2) is 18.3 Å². The molecule has 1 aliphatic heterocycles. The van der Waals surface area contributed by atoms with E-state index in [-0.39, 0.29) is 47.4 Å². The minimum absolute atomic E-state index is 0.00118. The molecule has 4 aromatic rings. The Morgan fingerprint density at radius 1 is 0.632 bits per heavy atom. The molecule has 1 fully saturated rings. The summed E-state index contributed by atoms with van der Waals surface area (Å²) in [4.78, 5) is 54.9. The Bertz CT molecular complexity index is 1940. The Kier molecular flexibility index (Phi) is 15.8. The number of nitrogens with zero attached hydrogens (tertiary/aromatic N) is 2. The number of carbonyl (C=O) groups is 4. The van der Waals surface area contributed by atoms with Gasteiger partial charge in [-0.25, -0.2) is 23.8 Å². The largest absolute Gasteiger partial charge is 0.459 e. The van der Waals surface area contributed by atoms with Gasteiger partial charge in [0.05, 0.1) is 41.4 Å². The highest BCUT2D eigenvalue weighted by molar-refractivity contribution is 7.44. The minimum atomic E-state index is -2.06. The molecule has 298 valence electrons. The molecule has 4 aromatic carbocycles. The van der Waals surface area contributed by atoms with E-state index in [0.717, 1.165) is 0 Å². The predicted molar refractivity (Wildman–Crippen MR) is 209 cm³/mol. The molecule has 0 saturated carbocycles. The first kappa shape index (κ1) is 42.7. The summed E-state index contributed by atoms with van der Waals surface area (Å²) in [5, 5.41) is 9.33. The molecule has 1 saturated heterocycles. The van der Waals surface area contributed by atoms with E-state index in [4.69, 9.17) is 32.7 Å². The lowest BCUT2D eigenvalue weighted by molar-refractivity contribution is -0.276.